The fraction of sp³-hybridized carbons (Fsp3) is 0.786. The van der Waals surface area contributed by atoms with E-state index in [9.17, 15) is 19.5 Å². The van der Waals surface area contributed by atoms with Crippen LogP contribution in [0.25, 0.3) is 0 Å². The fourth-order valence-electron chi connectivity index (χ4n) is 2.61. The van der Waals surface area contributed by atoms with Crippen LogP contribution in [0.2, 0.25) is 0 Å². The predicted octanol–water partition coefficient (Wildman–Crippen LogP) is 0.685. The van der Waals surface area contributed by atoms with Crippen LogP contribution in [0.5, 0.6) is 0 Å². The molecule has 0 aromatic rings. The summed E-state index contributed by atoms with van der Waals surface area (Å²) >= 11 is 0. The highest BCUT2D eigenvalue weighted by Crippen LogP contribution is 2.25. The van der Waals surface area contributed by atoms with Crippen molar-refractivity contribution < 1.29 is 34.5 Å². The Hall–Kier alpha value is -1.67. The smallest absolute Gasteiger partial charge is 0.336 e. The number of hydrogen-bond donors (Lipinski definition) is 4. The normalized spacial score (nSPS) is 18.4. The summed E-state index contributed by atoms with van der Waals surface area (Å²) in [5.74, 6) is -3.69. The van der Waals surface area contributed by atoms with Gasteiger partial charge in [0.1, 0.15) is 0 Å². The van der Waals surface area contributed by atoms with Gasteiger partial charge in [0, 0.05) is 6.54 Å². The minimum atomic E-state index is -2.66. The Morgan fingerprint density at radius 1 is 1.09 bits per heavy atom. The first-order valence-electron chi connectivity index (χ1n) is 7.43. The quantitative estimate of drug-likeness (QED) is 0.360. The number of aliphatic carboxylic acids is 2. The standard InChI is InChI=1S/C14H23NO7/c16-11(17)8-14(21,13(19)20)9-12(18)22-15-7-6-10-4-2-1-3-5-10/h10,15,21H,1-9H2,(H,16,17)(H,19,20). The Balaban J connectivity index is 2.28. The number of carbonyl (C=O) groups excluding carboxylic acids is 1. The maximum atomic E-state index is 11.5. The molecule has 1 rings (SSSR count). The Morgan fingerprint density at radius 3 is 2.27 bits per heavy atom. The average Bonchev–Trinajstić information content (AvgIpc) is 2.43. The van der Waals surface area contributed by atoms with E-state index in [0.29, 0.717) is 12.5 Å². The third-order valence-electron chi connectivity index (χ3n) is 3.84. The van der Waals surface area contributed by atoms with E-state index in [0.717, 1.165) is 19.3 Å². The minimum Gasteiger partial charge on any atom is -0.481 e. The number of carboxylic acid groups (broad SMARTS) is 2. The molecule has 8 nitrogen and oxygen atoms in total. The lowest BCUT2D eigenvalue weighted by Crippen LogP contribution is -2.43. The molecule has 8 heteroatoms. The molecule has 1 saturated carbocycles. The van der Waals surface area contributed by atoms with E-state index in [-0.39, 0.29) is 0 Å². The van der Waals surface area contributed by atoms with Crippen molar-refractivity contribution in [3.8, 4) is 0 Å². The molecule has 0 spiro atoms. The van der Waals surface area contributed by atoms with Crippen LogP contribution in [0.1, 0.15) is 51.4 Å². The van der Waals surface area contributed by atoms with Crippen molar-refractivity contribution in [3.05, 3.63) is 0 Å². The molecule has 0 saturated heterocycles. The molecule has 126 valence electrons. The molecule has 4 N–H and O–H groups in total. The van der Waals surface area contributed by atoms with Crippen molar-refractivity contribution in [1.82, 2.24) is 5.48 Å². The van der Waals surface area contributed by atoms with Crippen molar-refractivity contribution in [1.29, 1.82) is 0 Å². The lowest BCUT2D eigenvalue weighted by Gasteiger charge is -2.22. The summed E-state index contributed by atoms with van der Waals surface area (Å²) in [4.78, 5) is 37.6. The number of carbonyl (C=O) groups is 3. The molecule has 22 heavy (non-hydrogen) atoms. The van der Waals surface area contributed by atoms with Crippen molar-refractivity contribution in [2.45, 2.75) is 57.0 Å². The monoisotopic (exact) mass is 317 g/mol. The molecule has 0 heterocycles. The van der Waals surface area contributed by atoms with Crippen LogP contribution in [-0.4, -0.2) is 45.4 Å². The summed E-state index contributed by atoms with van der Waals surface area (Å²) in [7, 11) is 0. The van der Waals surface area contributed by atoms with Crippen LogP contribution >= 0.6 is 0 Å². The van der Waals surface area contributed by atoms with E-state index in [2.05, 4.69) is 10.3 Å². The molecule has 0 radical (unpaired) electrons. The molecular formula is C14H23NO7. The number of hydroxylamine groups is 1. The van der Waals surface area contributed by atoms with Gasteiger partial charge in [0.15, 0.2) is 5.60 Å². The molecule has 1 atom stereocenters. The van der Waals surface area contributed by atoms with E-state index in [4.69, 9.17) is 10.2 Å². The predicted molar refractivity (Wildman–Crippen MR) is 74.7 cm³/mol. The number of rotatable bonds is 9. The highest BCUT2D eigenvalue weighted by molar-refractivity contribution is 5.88. The number of nitrogens with one attached hydrogen (secondary N) is 1. The van der Waals surface area contributed by atoms with Crippen LogP contribution in [0.4, 0.5) is 0 Å². The average molecular weight is 317 g/mol. The van der Waals surface area contributed by atoms with Crippen LogP contribution in [-0.2, 0) is 19.2 Å². The Morgan fingerprint density at radius 2 is 1.73 bits per heavy atom. The van der Waals surface area contributed by atoms with Crippen molar-refractivity contribution in [2.24, 2.45) is 5.92 Å². The molecule has 0 amide bonds. The molecular weight excluding hydrogens is 294 g/mol. The lowest BCUT2D eigenvalue weighted by molar-refractivity contribution is -0.174. The summed E-state index contributed by atoms with van der Waals surface area (Å²) < 4.78 is 0. The van der Waals surface area contributed by atoms with E-state index >= 15 is 0 Å². The largest absolute Gasteiger partial charge is 0.481 e. The highest BCUT2D eigenvalue weighted by atomic mass is 16.7. The molecule has 1 fully saturated rings. The molecule has 0 aliphatic heterocycles. The maximum absolute atomic E-state index is 11.5. The summed E-state index contributed by atoms with van der Waals surface area (Å²) in [6.07, 6.45) is 4.86. The Kier molecular flexibility index (Phi) is 7.26. The zero-order valence-corrected chi connectivity index (χ0v) is 12.4. The first-order valence-corrected chi connectivity index (χ1v) is 7.43. The Bertz CT molecular complexity index is 406. The van der Waals surface area contributed by atoms with Crippen LogP contribution in [0.3, 0.4) is 0 Å². The summed E-state index contributed by atoms with van der Waals surface area (Å²) in [6, 6.07) is 0. The highest BCUT2D eigenvalue weighted by Gasteiger charge is 2.41. The van der Waals surface area contributed by atoms with Crippen LogP contribution in [0, 0.1) is 5.92 Å². The topological polar surface area (TPSA) is 133 Å². The summed E-state index contributed by atoms with van der Waals surface area (Å²) in [5, 5.41) is 27.1. The van der Waals surface area contributed by atoms with Gasteiger partial charge in [-0.05, 0) is 12.3 Å². The van der Waals surface area contributed by atoms with Crippen molar-refractivity contribution in [2.75, 3.05) is 6.54 Å². The molecule has 1 aliphatic rings. The van der Waals surface area contributed by atoms with E-state index in [1.165, 1.54) is 19.3 Å². The molecule has 1 aliphatic carbocycles. The zero-order valence-electron chi connectivity index (χ0n) is 12.4. The Labute approximate surface area is 128 Å². The molecule has 0 aromatic heterocycles. The van der Waals surface area contributed by atoms with Gasteiger partial charge in [-0.1, -0.05) is 32.1 Å². The lowest BCUT2D eigenvalue weighted by atomic mass is 9.87. The molecule has 1 unspecified atom stereocenters. The zero-order chi connectivity index (χ0) is 16.6. The molecule has 0 aromatic carbocycles. The summed E-state index contributed by atoms with van der Waals surface area (Å²) in [6.45, 7) is 0.445. The first-order chi connectivity index (χ1) is 10.3. The third-order valence-corrected chi connectivity index (χ3v) is 3.84. The van der Waals surface area contributed by atoms with Gasteiger partial charge in [-0.2, -0.15) is 5.48 Å². The van der Waals surface area contributed by atoms with Gasteiger partial charge in [0.2, 0.25) is 0 Å². The van der Waals surface area contributed by atoms with Gasteiger partial charge in [-0.3, -0.25) is 9.59 Å². The summed E-state index contributed by atoms with van der Waals surface area (Å²) in [5.41, 5.74) is -0.212. The van der Waals surface area contributed by atoms with Crippen LogP contribution < -0.4 is 5.48 Å². The van der Waals surface area contributed by atoms with Gasteiger partial charge >= 0.3 is 17.9 Å². The van der Waals surface area contributed by atoms with Gasteiger partial charge in [0.25, 0.3) is 0 Å². The fourth-order valence-corrected chi connectivity index (χ4v) is 2.61. The maximum Gasteiger partial charge on any atom is 0.336 e. The van der Waals surface area contributed by atoms with Gasteiger partial charge < -0.3 is 20.2 Å². The second kappa shape index (κ2) is 8.70. The molecule has 0 bridgehead atoms. The third kappa shape index (κ3) is 6.40. The van der Waals surface area contributed by atoms with Gasteiger partial charge in [0.05, 0.1) is 12.8 Å². The van der Waals surface area contributed by atoms with E-state index in [1.807, 2.05) is 0 Å². The van der Waals surface area contributed by atoms with E-state index in [1.54, 1.807) is 0 Å². The number of carboxylic acids is 2. The van der Waals surface area contributed by atoms with Gasteiger partial charge in [-0.25, -0.2) is 4.79 Å². The van der Waals surface area contributed by atoms with Crippen molar-refractivity contribution in [3.63, 3.8) is 0 Å². The first kappa shape index (κ1) is 18.4. The second-order valence-corrected chi connectivity index (χ2v) is 5.75. The number of hydrogen-bond acceptors (Lipinski definition) is 6. The van der Waals surface area contributed by atoms with Gasteiger partial charge in [-0.15, -0.1) is 0 Å². The number of aliphatic hydroxyl groups is 1. The van der Waals surface area contributed by atoms with Crippen LogP contribution in [0.15, 0.2) is 0 Å². The minimum absolute atomic E-state index is 0.445. The second-order valence-electron chi connectivity index (χ2n) is 5.75. The van der Waals surface area contributed by atoms with Crippen molar-refractivity contribution >= 4 is 17.9 Å². The van der Waals surface area contributed by atoms with E-state index < -0.39 is 36.4 Å². The SMILES string of the molecule is O=C(O)CC(O)(CC(=O)ONCCC1CCCCC1)C(=O)O.